The zero-order valence-electron chi connectivity index (χ0n) is 10.5. The molecule has 1 aromatic rings. The van der Waals surface area contributed by atoms with E-state index in [-0.39, 0.29) is 11.9 Å². The second kappa shape index (κ2) is 7.04. The van der Waals surface area contributed by atoms with E-state index in [1.807, 2.05) is 30.1 Å². The fraction of sp³-hybridized carbons (Fsp3) is 0.462. The number of hydrogen-bond donors (Lipinski definition) is 2. The maximum Gasteiger partial charge on any atom is 0.251 e. The Hall–Kier alpha value is -1.39. The molecule has 1 atom stereocenters. The molecule has 0 radical (unpaired) electrons. The van der Waals surface area contributed by atoms with Gasteiger partial charge in [0, 0.05) is 6.54 Å². The van der Waals surface area contributed by atoms with Crippen molar-refractivity contribution in [1.82, 2.24) is 10.3 Å². The fourth-order valence-electron chi connectivity index (χ4n) is 1.90. The number of nitrogens with two attached hydrogens (primary N) is 1. The molecular weight excluding hydrogens is 214 g/mol. The molecule has 0 aliphatic carbocycles. The number of nitrogens with one attached hydrogen (secondary N) is 1. The van der Waals surface area contributed by atoms with Gasteiger partial charge in [0.15, 0.2) is 0 Å². The SMILES string of the molecule is CCCC(C(=O)NN)N(C)Cc1ccccc1. The summed E-state index contributed by atoms with van der Waals surface area (Å²) in [6.45, 7) is 2.81. The summed E-state index contributed by atoms with van der Waals surface area (Å²) in [6.07, 6.45) is 1.77. The topological polar surface area (TPSA) is 58.4 Å². The lowest BCUT2D eigenvalue weighted by Crippen LogP contribution is -2.47. The van der Waals surface area contributed by atoms with Gasteiger partial charge in [-0.3, -0.25) is 15.1 Å². The van der Waals surface area contributed by atoms with Gasteiger partial charge in [-0.2, -0.15) is 0 Å². The van der Waals surface area contributed by atoms with Crippen LogP contribution in [0.15, 0.2) is 30.3 Å². The summed E-state index contributed by atoms with van der Waals surface area (Å²) < 4.78 is 0. The van der Waals surface area contributed by atoms with E-state index in [0.717, 1.165) is 19.4 Å². The van der Waals surface area contributed by atoms with E-state index in [9.17, 15) is 4.79 Å². The van der Waals surface area contributed by atoms with Crippen molar-refractivity contribution in [1.29, 1.82) is 0 Å². The van der Waals surface area contributed by atoms with E-state index in [1.54, 1.807) is 0 Å². The van der Waals surface area contributed by atoms with E-state index < -0.39 is 0 Å². The number of benzene rings is 1. The first-order valence-corrected chi connectivity index (χ1v) is 5.93. The summed E-state index contributed by atoms with van der Waals surface area (Å²) in [7, 11) is 1.95. The van der Waals surface area contributed by atoms with Crippen LogP contribution in [-0.4, -0.2) is 23.9 Å². The third kappa shape index (κ3) is 4.17. The zero-order chi connectivity index (χ0) is 12.7. The summed E-state index contributed by atoms with van der Waals surface area (Å²) >= 11 is 0. The second-order valence-corrected chi connectivity index (χ2v) is 4.21. The first kappa shape index (κ1) is 13.7. The normalized spacial score (nSPS) is 12.5. The molecule has 0 spiro atoms. The van der Waals surface area contributed by atoms with Gasteiger partial charge in [0.25, 0.3) is 5.91 Å². The maximum absolute atomic E-state index is 11.7. The van der Waals surface area contributed by atoms with Crippen molar-refractivity contribution in [2.24, 2.45) is 5.84 Å². The highest BCUT2D eigenvalue weighted by atomic mass is 16.2. The minimum Gasteiger partial charge on any atom is -0.293 e. The molecule has 0 aliphatic rings. The molecule has 1 rings (SSSR count). The number of hydrazine groups is 1. The summed E-state index contributed by atoms with van der Waals surface area (Å²) in [5, 5.41) is 0. The van der Waals surface area contributed by atoms with Gasteiger partial charge in [0.05, 0.1) is 6.04 Å². The lowest BCUT2D eigenvalue weighted by atomic mass is 10.1. The van der Waals surface area contributed by atoms with Crippen molar-refractivity contribution in [3.63, 3.8) is 0 Å². The predicted molar refractivity (Wildman–Crippen MR) is 68.9 cm³/mol. The highest BCUT2D eigenvalue weighted by Crippen LogP contribution is 2.10. The Morgan fingerprint density at radius 3 is 2.59 bits per heavy atom. The molecule has 1 unspecified atom stereocenters. The fourth-order valence-corrected chi connectivity index (χ4v) is 1.90. The first-order valence-electron chi connectivity index (χ1n) is 5.93. The quantitative estimate of drug-likeness (QED) is 0.443. The molecule has 4 heteroatoms. The molecule has 3 N–H and O–H groups in total. The highest BCUT2D eigenvalue weighted by Gasteiger charge is 2.21. The Morgan fingerprint density at radius 2 is 2.06 bits per heavy atom. The van der Waals surface area contributed by atoms with Gasteiger partial charge in [-0.25, -0.2) is 5.84 Å². The molecule has 1 amide bonds. The molecule has 0 saturated heterocycles. The van der Waals surface area contributed by atoms with Crippen molar-refractivity contribution in [3.05, 3.63) is 35.9 Å². The standard InChI is InChI=1S/C13H21N3O/c1-3-7-12(13(17)15-14)16(2)10-11-8-5-4-6-9-11/h4-6,8-9,12H,3,7,10,14H2,1-2H3,(H,15,17). The van der Waals surface area contributed by atoms with Crippen molar-refractivity contribution >= 4 is 5.91 Å². The lowest BCUT2D eigenvalue weighted by molar-refractivity contribution is -0.126. The number of amides is 1. The van der Waals surface area contributed by atoms with Crippen molar-refractivity contribution < 1.29 is 4.79 Å². The second-order valence-electron chi connectivity index (χ2n) is 4.21. The van der Waals surface area contributed by atoms with Crippen molar-refractivity contribution in [2.75, 3.05) is 7.05 Å². The summed E-state index contributed by atoms with van der Waals surface area (Å²) in [6, 6.07) is 9.94. The third-order valence-corrected chi connectivity index (χ3v) is 2.81. The monoisotopic (exact) mass is 235 g/mol. The Morgan fingerprint density at radius 1 is 1.41 bits per heavy atom. The van der Waals surface area contributed by atoms with Crippen LogP contribution in [0.5, 0.6) is 0 Å². The maximum atomic E-state index is 11.7. The Balaban J connectivity index is 2.65. The minimum atomic E-state index is -0.162. The average molecular weight is 235 g/mol. The van der Waals surface area contributed by atoms with Gasteiger partial charge < -0.3 is 0 Å². The first-order chi connectivity index (χ1) is 8.19. The van der Waals surface area contributed by atoms with Gasteiger partial charge in [0.1, 0.15) is 0 Å². The van der Waals surface area contributed by atoms with Crippen LogP contribution in [0.1, 0.15) is 25.3 Å². The van der Waals surface area contributed by atoms with Crippen molar-refractivity contribution in [3.8, 4) is 0 Å². The molecule has 94 valence electrons. The third-order valence-electron chi connectivity index (χ3n) is 2.81. The van der Waals surface area contributed by atoms with Crippen LogP contribution >= 0.6 is 0 Å². The molecule has 0 aromatic heterocycles. The number of carbonyl (C=O) groups is 1. The molecule has 17 heavy (non-hydrogen) atoms. The number of carbonyl (C=O) groups excluding carboxylic acids is 1. The van der Waals surface area contributed by atoms with Gasteiger partial charge in [0.2, 0.25) is 0 Å². The average Bonchev–Trinajstić information content (AvgIpc) is 2.36. The largest absolute Gasteiger partial charge is 0.293 e. The van der Waals surface area contributed by atoms with Crippen LogP contribution in [0.4, 0.5) is 0 Å². The molecular formula is C13H21N3O. The molecule has 0 heterocycles. The summed E-state index contributed by atoms with van der Waals surface area (Å²) in [5.41, 5.74) is 3.43. The molecule has 0 aliphatic heterocycles. The van der Waals surface area contributed by atoms with E-state index in [0.29, 0.717) is 0 Å². The van der Waals surface area contributed by atoms with Crippen LogP contribution < -0.4 is 11.3 Å². The van der Waals surface area contributed by atoms with E-state index in [1.165, 1.54) is 5.56 Å². The van der Waals surface area contributed by atoms with Gasteiger partial charge in [-0.05, 0) is 19.0 Å². The molecule has 4 nitrogen and oxygen atoms in total. The Labute approximate surface area is 103 Å². The number of rotatable bonds is 6. The smallest absolute Gasteiger partial charge is 0.251 e. The van der Waals surface area contributed by atoms with E-state index in [2.05, 4.69) is 24.5 Å². The van der Waals surface area contributed by atoms with E-state index in [4.69, 9.17) is 5.84 Å². The lowest BCUT2D eigenvalue weighted by Gasteiger charge is -2.26. The number of hydrogen-bond acceptors (Lipinski definition) is 3. The van der Waals surface area contributed by atoms with Crippen LogP contribution in [-0.2, 0) is 11.3 Å². The van der Waals surface area contributed by atoms with E-state index >= 15 is 0 Å². The summed E-state index contributed by atoms with van der Waals surface area (Å²) in [5.74, 6) is 5.09. The van der Waals surface area contributed by atoms with Crippen LogP contribution in [0, 0.1) is 0 Å². The molecule has 0 fully saturated rings. The molecule has 1 aromatic carbocycles. The molecule has 0 saturated carbocycles. The van der Waals surface area contributed by atoms with Crippen LogP contribution in [0.3, 0.4) is 0 Å². The van der Waals surface area contributed by atoms with Gasteiger partial charge >= 0.3 is 0 Å². The Kier molecular flexibility index (Phi) is 5.66. The molecule has 0 bridgehead atoms. The number of likely N-dealkylation sites (N-methyl/N-ethyl adjacent to an activating group) is 1. The number of nitrogens with zero attached hydrogens (tertiary/aromatic N) is 1. The predicted octanol–water partition coefficient (Wildman–Crippen LogP) is 1.28. The van der Waals surface area contributed by atoms with Gasteiger partial charge in [-0.15, -0.1) is 0 Å². The van der Waals surface area contributed by atoms with Crippen LogP contribution in [0.25, 0.3) is 0 Å². The zero-order valence-corrected chi connectivity index (χ0v) is 10.5. The van der Waals surface area contributed by atoms with Crippen LogP contribution in [0.2, 0.25) is 0 Å². The summed E-state index contributed by atoms with van der Waals surface area (Å²) in [4.78, 5) is 13.7. The Bertz CT molecular complexity index is 340. The van der Waals surface area contributed by atoms with Crippen molar-refractivity contribution in [2.45, 2.75) is 32.4 Å². The highest BCUT2D eigenvalue weighted by molar-refractivity contribution is 5.81. The van der Waals surface area contributed by atoms with Gasteiger partial charge in [-0.1, -0.05) is 43.7 Å². The minimum absolute atomic E-state index is 0.120.